The second-order valence-electron chi connectivity index (χ2n) is 7.35. The number of nitrogens with zero attached hydrogens (tertiary/aromatic N) is 1. The van der Waals surface area contributed by atoms with Gasteiger partial charge in [0.05, 0.1) is 5.54 Å². The van der Waals surface area contributed by atoms with E-state index >= 15 is 0 Å². The van der Waals surface area contributed by atoms with Crippen LogP contribution in [0.15, 0.2) is 83.9 Å². The van der Waals surface area contributed by atoms with Gasteiger partial charge in [-0.1, -0.05) is 72.8 Å². The van der Waals surface area contributed by atoms with Crippen LogP contribution in [-0.2, 0) is 16.8 Å². The van der Waals surface area contributed by atoms with Gasteiger partial charge in [-0.3, -0.25) is 4.99 Å². The first-order valence-electron chi connectivity index (χ1n) is 9.50. The van der Waals surface area contributed by atoms with Crippen molar-refractivity contribution in [2.24, 2.45) is 10.7 Å². The molecular formula is C24H21F3N2O2. The van der Waals surface area contributed by atoms with Crippen molar-refractivity contribution in [3.8, 4) is 11.1 Å². The number of aliphatic carboxylic acids is 1. The van der Waals surface area contributed by atoms with Crippen LogP contribution in [0.25, 0.3) is 11.1 Å². The molecule has 0 bridgehead atoms. The summed E-state index contributed by atoms with van der Waals surface area (Å²) in [6.45, 7) is 2.17. The number of halogens is 3. The first-order chi connectivity index (χ1) is 14.6. The predicted molar refractivity (Wildman–Crippen MR) is 114 cm³/mol. The Balaban J connectivity index is 0.000000339. The van der Waals surface area contributed by atoms with Gasteiger partial charge < -0.3 is 10.8 Å². The number of carboxylic acid groups (broad SMARTS) is 1. The molecule has 3 N–H and O–H groups in total. The van der Waals surface area contributed by atoms with E-state index in [1.54, 1.807) is 0 Å². The lowest BCUT2D eigenvalue weighted by molar-refractivity contribution is -0.192. The van der Waals surface area contributed by atoms with Crippen molar-refractivity contribution in [1.82, 2.24) is 0 Å². The molecule has 3 aromatic carbocycles. The zero-order valence-corrected chi connectivity index (χ0v) is 16.7. The minimum absolute atomic E-state index is 0.330. The van der Waals surface area contributed by atoms with Crippen LogP contribution in [0.3, 0.4) is 0 Å². The number of alkyl halides is 3. The molecule has 1 aliphatic heterocycles. The van der Waals surface area contributed by atoms with E-state index in [-0.39, 0.29) is 5.54 Å². The van der Waals surface area contributed by atoms with Crippen LogP contribution in [0.5, 0.6) is 0 Å². The van der Waals surface area contributed by atoms with Gasteiger partial charge >= 0.3 is 12.1 Å². The highest BCUT2D eigenvalue weighted by Crippen LogP contribution is 2.36. The third-order valence-electron chi connectivity index (χ3n) is 5.03. The minimum Gasteiger partial charge on any atom is -0.475 e. The van der Waals surface area contributed by atoms with Gasteiger partial charge in [0.1, 0.15) is 5.84 Å². The Hall–Kier alpha value is -3.61. The Morgan fingerprint density at radius 3 is 2.19 bits per heavy atom. The highest BCUT2D eigenvalue weighted by molar-refractivity contribution is 6.00. The zero-order chi connectivity index (χ0) is 22.6. The summed E-state index contributed by atoms with van der Waals surface area (Å²) in [6.07, 6.45) is -4.22. The molecule has 1 atom stereocenters. The SMILES string of the molecule is CC1(c2cccc(-c3ccccc3)c2)Cc2ccccc2C(N)=N1.O=C(O)C(F)(F)F. The molecule has 31 heavy (non-hydrogen) atoms. The average Bonchev–Trinajstić information content (AvgIpc) is 2.74. The van der Waals surface area contributed by atoms with E-state index in [1.807, 2.05) is 18.2 Å². The van der Waals surface area contributed by atoms with Crippen LogP contribution in [-0.4, -0.2) is 23.1 Å². The summed E-state index contributed by atoms with van der Waals surface area (Å²) in [6, 6.07) is 27.4. The van der Waals surface area contributed by atoms with Gasteiger partial charge in [0.15, 0.2) is 0 Å². The molecule has 0 saturated carbocycles. The maximum absolute atomic E-state index is 10.6. The largest absolute Gasteiger partial charge is 0.490 e. The molecule has 7 heteroatoms. The maximum atomic E-state index is 10.6. The molecule has 160 valence electrons. The fraction of sp³-hybridized carbons (Fsp3) is 0.167. The number of hydrogen-bond donors (Lipinski definition) is 2. The summed E-state index contributed by atoms with van der Waals surface area (Å²) < 4.78 is 31.7. The molecule has 1 aliphatic rings. The summed E-state index contributed by atoms with van der Waals surface area (Å²) in [7, 11) is 0. The van der Waals surface area contributed by atoms with Crippen LogP contribution in [0, 0.1) is 0 Å². The number of fused-ring (bicyclic) bond motifs is 1. The molecule has 0 aliphatic carbocycles. The molecule has 4 rings (SSSR count). The zero-order valence-electron chi connectivity index (χ0n) is 16.7. The van der Waals surface area contributed by atoms with Crippen LogP contribution in [0.4, 0.5) is 13.2 Å². The molecule has 1 heterocycles. The second-order valence-corrected chi connectivity index (χ2v) is 7.35. The number of amidine groups is 1. The van der Waals surface area contributed by atoms with E-state index < -0.39 is 12.1 Å². The molecule has 1 unspecified atom stereocenters. The van der Waals surface area contributed by atoms with E-state index in [9.17, 15) is 13.2 Å². The lowest BCUT2D eigenvalue weighted by Gasteiger charge is -2.32. The molecule has 0 fully saturated rings. The molecule has 0 aromatic heterocycles. The summed E-state index contributed by atoms with van der Waals surface area (Å²) in [5.74, 6) is -2.13. The fourth-order valence-corrected chi connectivity index (χ4v) is 3.49. The topological polar surface area (TPSA) is 75.7 Å². The molecule has 0 saturated heterocycles. The summed E-state index contributed by atoms with van der Waals surface area (Å²) >= 11 is 0. The average molecular weight is 426 g/mol. The van der Waals surface area contributed by atoms with E-state index in [1.165, 1.54) is 22.3 Å². The van der Waals surface area contributed by atoms with Gasteiger partial charge in [-0.05, 0) is 35.2 Å². The number of benzene rings is 3. The quantitative estimate of drug-likeness (QED) is 0.594. The number of rotatable bonds is 2. The molecule has 0 radical (unpaired) electrons. The lowest BCUT2D eigenvalue weighted by Crippen LogP contribution is -2.33. The van der Waals surface area contributed by atoms with Crippen LogP contribution >= 0.6 is 0 Å². The van der Waals surface area contributed by atoms with Crippen LogP contribution < -0.4 is 5.73 Å². The fourth-order valence-electron chi connectivity index (χ4n) is 3.49. The number of nitrogens with two attached hydrogens (primary N) is 1. The molecule has 4 nitrogen and oxygen atoms in total. The van der Waals surface area contributed by atoms with Crippen molar-refractivity contribution in [3.05, 3.63) is 95.6 Å². The van der Waals surface area contributed by atoms with Gasteiger partial charge in [0.2, 0.25) is 0 Å². The summed E-state index contributed by atoms with van der Waals surface area (Å²) in [4.78, 5) is 13.8. The number of carboxylic acids is 1. The molecular weight excluding hydrogens is 405 g/mol. The Kier molecular flexibility index (Phi) is 6.15. The highest BCUT2D eigenvalue weighted by Gasteiger charge is 2.38. The third-order valence-corrected chi connectivity index (χ3v) is 5.03. The molecule has 0 amide bonds. The van der Waals surface area contributed by atoms with Crippen molar-refractivity contribution in [2.75, 3.05) is 0 Å². The van der Waals surface area contributed by atoms with E-state index in [4.69, 9.17) is 20.6 Å². The van der Waals surface area contributed by atoms with Gasteiger partial charge in [0.25, 0.3) is 0 Å². The van der Waals surface area contributed by atoms with Gasteiger partial charge in [-0.15, -0.1) is 0 Å². The van der Waals surface area contributed by atoms with E-state index in [0.29, 0.717) is 5.84 Å². The second kappa shape index (κ2) is 8.63. The Morgan fingerprint density at radius 1 is 0.968 bits per heavy atom. The number of hydrogen-bond acceptors (Lipinski definition) is 3. The van der Waals surface area contributed by atoms with Crippen LogP contribution in [0.2, 0.25) is 0 Å². The smallest absolute Gasteiger partial charge is 0.475 e. The lowest BCUT2D eigenvalue weighted by atomic mass is 9.81. The first kappa shape index (κ1) is 22.1. The number of carbonyl (C=O) groups is 1. The van der Waals surface area contributed by atoms with E-state index in [2.05, 4.69) is 67.6 Å². The minimum atomic E-state index is -5.08. The predicted octanol–water partition coefficient (Wildman–Crippen LogP) is 5.16. The third kappa shape index (κ3) is 5.12. The van der Waals surface area contributed by atoms with Gasteiger partial charge in [-0.25, -0.2) is 4.79 Å². The highest BCUT2D eigenvalue weighted by atomic mass is 19.4. The van der Waals surface area contributed by atoms with Gasteiger partial charge in [0, 0.05) is 12.0 Å². The molecule has 3 aromatic rings. The summed E-state index contributed by atoms with van der Waals surface area (Å²) in [5, 5.41) is 7.12. The Bertz CT molecular complexity index is 1110. The van der Waals surface area contributed by atoms with Crippen molar-refractivity contribution in [3.63, 3.8) is 0 Å². The standard InChI is InChI=1S/C22H20N2.C2HF3O2/c1-22(15-18-10-5-6-13-20(18)21(23)24-22)19-12-7-11-17(14-19)16-8-3-2-4-9-16;3-2(4,5)1(6)7/h2-14H,15H2,1H3,(H2,23,24);(H,6,7). The van der Waals surface area contributed by atoms with Gasteiger partial charge in [-0.2, -0.15) is 13.2 Å². The normalized spacial score (nSPS) is 17.6. The Labute approximate surface area is 177 Å². The molecule has 0 spiro atoms. The Morgan fingerprint density at radius 2 is 1.55 bits per heavy atom. The van der Waals surface area contributed by atoms with Crippen molar-refractivity contribution in [1.29, 1.82) is 0 Å². The van der Waals surface area contributed by atoms with Crippen LogP contribution in [0.1, 0.15) is 23.6 Å². The van der Waals surface area contributed by atoms with E-state index in [0.717, 1.165) is 12.0 Å². The number of aliphatic imine (C=N–C) groups is 1. The summed E-state index contributed by atoms with van der Waals surface area (Å²) in [5.41, 5.74) is 11.9. The van der Waals surface area contributed by atoms with Crippen molar-refractivity contribution in [2.45, 2.75) is 25.1 Å². The monoisotopic (exact) mass is 426 g/mol. The maximum Gasteiger partial charge on any atom is 0.490 e. The first-order valence-corrected chi connectivity index (χ1v) is 9.50. The van der Waals surface area contributed by atoms with Crippen molar-refractivity contribution >= 4 is 11.8 Å². The van der Waals surface area contributed by atoms with Crippen molar-refractivity contribution < 1.29 is 23.1 Å².